The summed E-state index contributed by atoms with van der Waals surface area (Å²) in [7, 11) is 0. The van der Waals surface area contributed by atoms with E-state index in [-0.39, 0.29) is 74.3 Å². The first-order valence-corrected chi connectivity index (χ1v) is 23.3. The van der Waals surface area contributed by atoms with Gasteiger partial charge < -0.3 is 29.3 Å². The number of nitrogens with zero attached hydrogens (tertiary/aromatic N) is 3. The SMILES string of the molecule is CCC(C)(C)c1ccc(OCCCC(=O)Nc2ccc(Cl)c(NC(=O)C(Oc3ccc([N+](=O)[O-])cc3CSc3nnc(COc4ccc(Cl)cc4)o3)C(=O)C(C)(C)C)c2)c(C(C)(C)CC)c1. The molecule has 0 aliphatic heterocycles. The number of hydrogen-bond acceptors (Lipinski definition) is 12. The van der Waals surface area contributed by atoms with Crippen LogP contribution in [0, 0.1) is 15.5 Å². The van der Waals surface area contributed by atoms with Gasteiger partial charge in [-0.25, -0.2) is 0 Å². The van der Waals surface area contributed by atoms with Crippen molar-refractivity contribution in [1.82, 2.24) is 10.2 Å². The summed E-state index contributed by atoms with van der Waals surface area (Å²) in [6, 6.07) is 21.6. The minimum atomic E-state index is -1.72. The number of anilines is 2. The van der Waals surface area contributed by atoms with E-state index in [9.17, 15) is 24.5 Å². The van der Waals surface area contributed by atoms with E-state index in [1.165, 1.54) is 35.9 Å². The normalized spacial score (nSPS) is 12.3. The third-order valence-electron chi connectivity index (χ3n) is 11.3. The second-order valence-corrected chi connectivity index (χ2v) is 19.8. The maximum Gasteiger partial charge on any atom is 0.277 e. The van der Waals surface area contributed by atoms with Gasteiger partial charge in [-0.15, -0.1) is 10.2 Å². The lowest BCUT2D eigenvalue weighted by Crippen LogP contribution is -2.45. The van der Waals surface area contributed by atoms with E-state index < -0.39 is 28.1 Å². The summed E-state index contributed by atoms with van der Waals surface area (Å²) in [6.07, 6.45) is 0.827. The van der Waals surface area contributed by atoms with E-state index in [2.05, 4.69) is 74.5 Å². The summed E-state index contributed by atoms with van der Waals surface area (Å²) >= 11 is 13.5. The number of carbonyl (C=O) groups is 3. The fourth-order valence-electron chi connectivity index (χ4n) is 6.36. The van der Waals surface area contributed by atoms with E-state index >= 15 is 0 Å². The molecule has 1 unspecified atom stereocenters. The number of thioether (sulfide) groups is 1. The van der Waals surface area contributed by atoms with Crippen LogP contribution in [0.5, 0.6) is 17.2 Å². The molecule has 0 saturated heterocycles. The predicted octanol–water partition coefficient (Wildman–Crippen LogP) is 12.3. The number of nitro groups is 1. The lowest BCUT2D eigenvalue weighted by molar-refractivity contribution is -0.384. The molecule has 17 heteroatoms. The van der Waals surface area contributed by atoms with Gasteiger partial charge in [0.25, 0.3) is 22.7 Å². The number of Topliss-reactive ketones (excluding diaryl/α,β-unsaturated/α-hetero) is 1. The van der Waals surface area contributed by atoms with Crippen LogP contribution in [0.1, 0.15) is 111 Å². The van der Waals surface area contributed by atoms with Crippen molar-refractivity contribution in [2.75, 3.05) is 17.2 Å². The molecular weight excluding hydrogens is 906 g/mol. The molecule has 66 heavy (non-hydrogen) atoms. The molecule has 0 radical (unpaired) electrons. The number of amides is 2. The van der Waals surface area contributed by atoms with Crippen molar-refractivity contribution in [2.45, 2.75) is 123 Å². The summed E-state index contributed by atoms with van der Waals surface area (Å²) in [6.45, 7) is 18.5. The standard InChI is InChI=1S/C49H57Cl2N5O9S/c1-10-48(6,7)31-14-22-40(36(26-31)49(8,9)11-2)62-24-12-13-41(57)52-33-17-21-37(51)38(27-33)53-45(59)43(44(58)47(3,4)5)64-39-23-18-34(56(60)61)25-30(39)29-66-46-55-54-42(65-46)28-63-35-19-15-32(50)16-20-35/h14-23,25-27,43H,10-13,24,28-29H2,1-9H3,(H,52,57)(H,53,59). The number of halogens is 2. The van der Waals surface area contributed by atoms with E-state index in [0.29, 0.717) is 29.5 Å². The second kappa shape index (κ2) is 22.2. The Hall–Kier alpha value is -5.64. The third kappa shape index (κ3) is 13.9. The van der Waals surface area contributed by atoms with Crippen molar-refractivity contribution >= 4 is 69.6 Å². The number of rotatable bonds is 22. The smallest absolute Gasteiger partial charge is 0.277 e. The van der Waals surface area contributed by atoms with Gasteiger partial charge in [0.1, 0.15) is 17.2 Å². The van der Waals surface area contributed by atoms with Crippen molar-refractivity contribution in [3.05, 3.63) is 122 Å². The summed E-state index contributed by atoms with van der Waals surface area (Å²) in [5, 5.41) is 26.2. The number of aromatic nitrogens is 2. The molecular formula is C49H57Cl2N5O9S. The van der Waals surface area contributed by atoms with Gasteiger partial charge in [-0.05, 0) is 90.3 Å². The van der Waals surface area contributed by atoms with Gasteiger partial charge >= 0.3 is 0 Å². The fraction of sp³-hybridized carbons (Fsp3) is 0.408. The zero-order chi connectivity index (χ0) is 48.4. The monoisotopic (exact) mass is 961 g/mol. The number of nitro benzene ring substituents is 1. The molecule has 352 valence electrons. The zero-order valence-electron chi connectivity index (χ0n) is 38.7. The summed E-state index contributed by atoms with van der Waals surface area (Å²) in [5.74, 6) is -0.108. The van der Waals surface area contributed by atoms with Gasteiger partial charge in [-0.3, -0.25) is 24.5 Å². The lowest BCUT2D eigenvalue weighted by Gasteiger charge is -2.30. The Morgan fingerprint density at radius 1 is 0.833 bits per heavy atom. The van der Waals surface area contributed by atoms with Crippen molar-refractivity contribution in [2.24, 2.45) is 5.41 Å². The molecule has 2 N–H and O–H groups in total. The molecule has 1 heterocycles. The molecule has 0 bridgehead atoms. The van der Waals surface area contributed by atoms with Crippen LogP contribution in [-0.4, -0.2) is 45.4 Å². The Kier molecular flexibility index (Phi) is 17.3. The number of ether oxygens (including phenoxy) is 3. The van der Waals surface area contributed by atoms with Crippen LogP contribution in [0.3, 0.4) is 0 Å². The first-order chi connectivity index (χ1) is 31.1. The minimum Gasteiger partial charge on any atom is -0.493 e. The molecule has 5 rings (SSSR count). The maximum absolute atomic E-state index is 14.0. The molecule has 0 spiro atoms. The van der Waals surface area contributed by atoms with Crippen LogP contribution < -0.4 is 24.8 Å². The summed E-state index contributed by atoms with van der Waals surface area (Å²) in [5.41, 5.74) is 1.77. The highest BCUT2D eigenvalue weighted by molar-refractivity contribution is 7.98. The van der Waals surface area contributed by atoms with Gasteiger partial charge in [-0.1, -0.05) is 109 Å². The molecule has 1 atom stereocenters. The average molecular weight is 963 g/mol. The summed E-state index contributed by atoms with van der Waals surface area (Å²) < 4.78 is 23.8. The minimum absolute atomic E-state index is 0.0203. The number of ketones is 1. The molecule has 5 aromatic rings. The molecule has 14 nitrogen and oxygen atoms in total. The van der Waals surface area contributed by atoms with E-state index in [0.717, 1.165) is 35.9 Å². The number of nitrogens with one attached hydrogen (secondary N) is 2. The van der Waals surface area contributed by atoms with Crippen LogP contribution in [0.15, 0.2) is 88.5 Å². The van der Waals surface area contributed by atoms with Crippen molar-refractivity contribution < 1.29 is 37.9 Å². The second-order valence-electron chi connectivity index (χ2n) is 18.0. The van der Waals surface area contributed by atoms with Crippen LogP contribution in [-0.2, 0) is 37.6 Å². The Labute approximate surface area is 400 Å². The highest BCUT2D eigenvalue weighted by Crippen LogP contribution is 2.39. The highest BCUT2D eigenvalue weighted by atomic mass is 35.5. The van der Waals surface area contributed by atoms with E-state index in [4.69, 9.17) is 41.8 Å². The number of non-ortho nitro benzene ring substituents is 1. The molecule has 0 fully saturated rings. The van der Waals surface area contributed by atoms with Gasteiger partial charge in [0, 0.05) is 51.6 Å². The molecule has 4 aromatic carbocycles. The van der Waals surface area contributed by atoms with Crippen molar-refractivity contribution in [3.8, 4) is 17.2 Å². The highest BCUT2D eigenvalue weighted by Gasteiger charge is 2.38. The Morgan fingerprint density at radius 3 is 2.20 bits per heavy atom. The Bertz CT molecular complexity index is 2520. The molecule has 1 aromatic heterocycles. The number of benzene rings is 4. The zero-order valence-corrected chi connectivity index (χ0v) is 41.0. The van der Waals surface area contributed by atoms with Crippen LogP contribution >= 0.6 is 35.0 Å². The Balaban J connectivity index is 1.25. The third-order valence-corrected chi connectivity index (χ3v) is 12.7. The van der Waals surface area contributed by atoms with Gasteiger partial charge in [0.15, 0.2) is 12.4 Å². The predicted molar refractivity (Wildman–Crippen MR) is 258 cm³/mol. The topological polar surface area (TPSA) is 185 Å². The van der Waals surface area contributed by atoms with Gasteiger partial charge in [0.2, 0.25) is 12.0 Å². The largest absolute Gasteiger partial charge is 0.493 e. The number of hydrogen-bond donors (Lipinski definition) is 2. The van der Waals surface area contributed by atoms with Gasteiger partial charge in [0.05, 0.1) is 22.2 Å². The van der Waals surface area contributed by atoms with Crippen LogP contribution in [0.4, 0.5) is 17.1 Å². The maximum atomic E-state index is 14.0. The van der Waals surface area contributed by atoms with Gasteiger partial charge in [-0.2, -0.15) is 0 Å². The average Bonchev–Trinajstić information content (AvgIpc) is 3.74. The van der Waals surface area contributed by atoms with Crippen molar-refractivity contribution in [1.29, 1.82) is 0 Å². The lowest BCUT2D eigenvalue weighted by atomic mass is 9.76. The Morgan fingerprint density at radius 2 is 1.53 bits per heavy atom. The van der Waals surface area contributed by atoms with Crippen LogP contribution in [0.25, 0.3) is 0 Å². The first-order valence-electron chi connectivity index (χ1n) is 21.6. The molecule has 0 aliphatic carbocycles. The first kappa shape index (κ1) is 51.3. The molecule has 0 aliphatic rings. The molecule has 0 saturated carbocycles. The van der Waals surface area contributed by atoms with Crippen LogP contribution in [0.2, 0.25) is 10.0 Å². The molecule has 2 amide bonds. The quantitative estimate of drug-likeness (QED) is 0.0220. The summed E-state index contributed by atoms with van der Waals surface area (Å²) in [4.78, 5) is 52.3. The fourth-order valence-corrected chi connectivity index (χ4v) is 7.41. The van der Waals surface area contributed by atoms with E-state index in [1.807, 2.05) is 6.07 Å². The number of carbonyl (C=O) groups excluding carboxylic acids is 3. The van der Waals surface area contributed by atoms with Crippen molar-refractivity contribution in [3.63, 3.8) is 0 Å². The van der Waals surface area contributed by atoms with E-state index in [1.54, 1.807) is 51.1 Å².